The summed E-state index contributed by atoms with van der Waals surface area (Å²) >= 11 is 0. The Morgan fingerprint density at radius 2 is 1.79 bits per heavy atom. The van der Waals surface area contributed by atoms with Gasteiger partial charge < -0.3 is 24.8 Å². The molecule has 1 aromatic carbocycles. The molecule has 0 atom stereocenters. The van der Waals surface area contributed by atoms with Gasteiger partial charge in [0.25, 0.3) is 5.91 Å². The molecule has 1 saturated heterocycles. The van der Waals surface area contributed by atoms with Gasteiger partial charge in [0.05, 0.1) is 7.11 Å². The molecule has 8 nitrogen and oxygen atoms in total. The van der Waals surface area contributed by atoms with E-state index in [4.69, 9.17) is 4.74 Å². The quantitative estimate of drug-likeness (QED) is 0.766. The Bertz CT molecular complexity index is 773. The minimum atomic E-state index is -0.164. The number of piperazine rings is 1. The molecule has 1 fully saturated rings. The van der Waals surface area contributed by atoms with Crippen LogP contribution in [0.1, 0.15) is 10.5 Å². The summed E-state index contributed by atoms with van der Waals surface area (Å²) in [5.74, 6) is 1.30. The minimum absolute atomic E-state index is 0.164. The minimum Gasteiger partial charge on any atom is -0.497 e. The van der Waals surface area contributed by atoms with Crippen LogP contribution in [-0.2, 0) is 0 Å². The van der Waals surface area contributed by atoms with Gasteiger partial charge in [0.1, 0.15) is 11.4 Å². The van der Waals surface area contributed by atoms with E-state index in [0.29, 0.717) is 18.2 Å². The van der Waals surface area contributed by atoms with E-state index in [1.807, 2.05) is 31.1 Å². The second kappa shape index (κ2) is 9.36. The average Bonchev–Trinajstić information content (AvgIpc) is 2.74. The number of benzene rings is 1. The van der Waals surface area contributed by atoms with Gasteiger partial charge in [-0.2, -0.15) is 0 Å². The SMILES string of the molecule is COc1ccc(N2CCN(c3nccc(C(=O)NCCN(C)C)n3)CC2)cc1. The molecular weight excluding hydrogens is 356 g/mol. The predicted octanol–water partition coefficient (Wildman–Crippen LogP) is 1.10. The largest absolute Gasteiger partial charge is 0.497 e. The van der Waals surface area contributed by atoms with Crippen molar-refractivity contribution in [1.29, 1.82) is 0 Å². The molecule has 0 unspecified atom stereocenters. The number of ether oxygens (including phenoxy) is 1. The van der Waals surface area contributed by atoms with Crippen LogP contribution >= 0.6 is 0 Å². The lowest BCUT2D eigenvalue weighted by molar-refractivity contribution is 0.0946. The number of amides is 1. The van der Waals surface area contributed by atoms with E-state index in [1.165, 1.54) is 5.69 Å². The maximum absolute atomic E-state index is 12.3. The second-order valence-corrected chi connectivity index (χ2v) is 6.97. The maximum atomic E-state index is 12.3. The van der Waals surface area contributed by atoms with Gasteiger partial charge in [-0.1, -0.05) is 0 Å². The third-order valence-electron chi connectivity index (χ3n) is 4.72. The normalized spacial score (nSPS) is 14.3. The topological polar surface area (TPSA) is 73.8 Å². The highest BCUT2D eigenvalue weighted by atomic mass is 16.5. The van der Waals surface area contributed by atoms with Gasteiger partial charge in [-0.3, -0.25) is 4.79 Å². The van der Waals surface area contributed by atoms with Gasteiger partial charge in [-0.05, 0) is 44.4 Å². The Balaban J connectivity index is 1.57. The number of aromatic nitrogens is 2. The summed E-state index contributed by atoms with van der Waals surface area (Å²) in [5.41, 5.74) is 1.58. The molecule has 0 radical (unpaired) electrons. The van der Waals surface area contributed by atoms with Crippen LogP contribution in [0.15, 0.2) is 36.5 Å². The Hall–Kier alpha value is -2.87. The summed E-state index contributed by atoms with van der Waals surface area (Å²) in [6.07, 6.45) is 1.65. The van der Waals surface area contributed by atoms with Gasteiger partial charge in [0.2, 0.25) is 5.95 Å². The number of rotatable bonds is 7. The van der Waals surface area contributed by atoms with E-state index in [2.05, 4.69) is 37.2 Å². The molecule has 1 aliphatic rings. The highest BCUT2D eigenvalue weighted by Crippen LogP contribution is 2.21. The van der Waals surface area contributed by atoms with Crippen molar-refractivity contribution in [3.8, 4) is 5.75 Å². The van der Waals surface area contributed by atoms with Crippen LogP contribution < -0.4 is 19.9 Å². The number of hydrogen-bond donors (Lipinski definition) is 1. The second-order valence-electron chi connectivity index (χ2n) is 6.97. The molecule has 0 spiro atoms. The summed E-state index contributed by atoms with van der Waals surface area (Å²) in [6, 6.07) is 9.75. The van der Waals surface area contributed by atoms with E-state index in [9.17, 15) is 4.79 Å². The van der Waals surface area contributed by atoms with Crippen molar-refractivity contribution < 1.29 is 9.53 Å². The first-order chi connectivity index (χ1) is 13.6. The maximum Gasteiger partial charge on any atom is 0.270 e. The Morgan fingerprint density at radius 1 is 1.11 bits per heavy atom. The molecule has 8 heteroatoms. The zero-order chi connectivity index (χ0) is 19.9. The first-order valence-corrected chi connectivity index (χ1v) is 9.47. The van der Waals surface area contributed by atoms with E-state index in [0.717, 1.165) is 38.5 Å². The van der Waals surface area contributed by atoms with Crippen LogP contribution in [0.3, 0.4) is 0 Å². The highest BCUT2D eigenvalue weighted by molar-refractivity contribution is 5.92. The zero-order valence-corrected chi connectivity index (χ0v) is 16.8. The summed E-state index contributed by atoms with van der Waals surface area (Å²) in [4.78, 5) is 27.6. The lowest BCUT2D eigenvalue weighted by Crippen LogP contribution is -2.47. The number of nitrogens with zero attached hydrogens (tertiary/aromatic N) is 5. The fourth-order valence-corrected chi connectivity index (χ4v) is 3.07. The molecule has 2 aromatic rings. The molecule has 3 rings (SSSR count). The van der Waals surface area contributed by atoms with Crippen LogP contribution in [0, 0.1) is 0 Å². The number of carbonyl (C=O) groups excluding carboxylic acids is 1. The molecule has 28 heavy (non-hydrogen) atoms. The Kier molecular flexibility index (Phi) is 6.65. The van der Waals surface area contributed by atoms with Crippen molar-refractivity contribution in [2.24, 2.45) is 0 Å². The van der Waals surface area contributed by atoms with Gasteiger partial charge >= 0.3 is 0 Å². The van der Waals surface area contributed by atoms with Crippen molar-refractivity contribution in [2.75, 3.05) is 70.3 Å². The molecule has 1 aliphatic heterocycles. The van der Waals surface area contributed by atoms with Crippen molar-refractivity contribution >= 4 is 17.5 Å². The fraction of sp³-hybridized carbons (Fsp3) is 0.450. The number of methoxy groups -OCH3 is 1. The Morgan fingerprint density at radius 3 is 2.43 bits per heavy atom. The van der Waals surface area contributed by atoms with Gasteiger partial charge in [-0.25, -0.2) is 9.97 Å². The van der Waals surface area contributed by atoms with E-state index < -0.39 is 0 Å². The number of anilines is 2. The summed E-state index contributed by atoms with van der Waals surface area (Å²) in [7, 11) is 5.62. The third kappa shape index (κ3) is 5.10. The lowest BCUT2D eigenvalue weighted by atomic mass is 10.2. The number of carbonyl (C=O) groups is 1. The van der Waals surface area contributed by atoms with E-state index in [-0.39, 0.29) is 5.91 Å². The molecular formula is C20H28N6O2. The molecule has 0 aliphatic carbocycles. The number of nitrogens with one attached hydrogen (secondary N) is 1. The van der Waals surface area contributed by atoms with Gasteiger partial charge in [0, 0.05) is 51.2 Å². The van der Waals surface area contributed by atoms with Crippen molar-refractivity contribution in [1.82, 2.24) is 20.2 Å². The van der Waals surface area contributed by atoms with Crippen LogP contribution in [0.2, 0.25) is 0 Å². The van der Waals surface area contributed by atoms with Crippen molar-refractivity contribution in [3.63, 3.8) is 0 Å². The molecule has 2 heterocycles. The zero-order valence-electron chi connectivity index (χ0n) is 16.8. The van der Waals surface area contributed by atoms with Gasteiger partial charge in [0.15, 0.2) is 0 Å². The summed E-state index contributed by atoms with van der Waals surface area (Å²) in [6.45, 7) is 4.72. The molecule has 150 valence electrons. The Labute approximate surface area is 166 Å². The molecule has 1 N–H and O–H groups in total. The van der Waals surface area contributed by atoms with Crippen molar-refractivity contribution in [3.05, 3.63) is 42.2 Å². The van der Waals surface area contributed by atoms with Crippen LogP contribution in [0.25, 0.3) is 0 Å². The average molecular weight is 384 g/mol. The molecule has 0 bridgehead atoms. The van der Waals surface area contributed by atoms with Crippen LogP contribution in [0.5, 0.6) is 5.75 Å². The van der Waals surface area contributed by atoms with Crippen molar-refractivity contribution in [2.45, 2.75) is 0 Å². The predicted molar refractivity (Wildman–Crippen MR) is 110 cm³/mol. The molecule has 0 saturated carbocycles. The lowest BCUT2D eigenvalue weighted by Gasteiger charge is -2.36. The fourth-order valence-electron chi connectivity index (χ4n) is 3.07. The first kappa shape index (κ1) is 19.9. The highest BCUT2D eigenvalue weighted by Gasteiger charge is 2.20. The van der Waals surface area contributed by atoms with Crippen LogP contribution in [0.4, 0.5) is 11.6 Å². The smallest absolute Gasteiger partial charge is 0.270 e. The molecule has 1 amide bonds. The van der Waals surface area contributed by atoms with E-state index >= 15 is 0 Å². The van der Waals surface area contributed by atoms with Gasteiger partial charge in [-0.15, -0.1) is 0 Å². The monoisotopic (exact) mass is 384 g/mol. The van der Waals surface area contributed by atoms with Crippen LogP contribution in [-0.4, -0.2) is 81.2 Å². The standard InChI is InChI=1S/C20H28N6O2/c1-24(2)11-10-21-19(27)18-8-9-22-20(23-18)26-14-12-25(13-15-26)16-4-6-17(28-3)7-5-16/h4-9H,10-15H2,1-3H3,(H,21,27). The number of likely N-dealkylation sites (N-methyl/N-ethyl adjacent to an activating group) is 1. The summed E-state index contributed by atoms with van der Waals surface area (Å²) < 4.78 is 5.22. The summed E-state index contributed by atoms with van der Waals surface area (Å²) in [5, 5.41) is 2.89. The van der Waals surface area contributed by atoms with E-state index in [1.54, 1.807) is 19.4 Å². The first-order valence-electron chi connectivity index (χ1n) is 9.47. The number of hydrogen-bond acceptors (Lipinski definition) is 7. The third-order valence-corrected chi connectivity index (χ3v) is 4.72. The molecule has 1 aromatic heterocycles.